The van der Waals surface area contributed by atoms with Crippen molar-refractivity contribution in [1.29, 1.82) is 0 Å². The summed E-state index contributed by atoms with van der Waals surface area (Å²) in [4.78, 5) is 23.6. The maximum absolute atomic E-state index is 12.1. The molecular formula is C19H21NO3. The first kappa shape index (κ1) is 16.7. The van der Waals surface area contributed by atoms with Crippen molar-refractivity contribution in [3.8, 4) is 0 Å². The third-order valence-electron chi connectivity index (χ3n) is 3.48. The number of esters is 1. The lowest BCUT2D eigenvalue weighted by atomic mass is 10.1. The van der Waals surface area contributed by atoms with Crippen LogP contribution in [0, 0.1) is 0 Å². The maximum atomic E-state index is 12.1. The molecule has 4 heteroatoms. The molecule has 2 rings (SSSR count). The highest BCUT2D eigenvalue weighted by atomic mass is 16.5. The monoisotopic (exact) mass is 311 g/mol. The largest absolute Gasteiger partial charge is 0.462 e. The molecule has 0 aliphatic carbocycles. The maximum Gasteiger partial charge on any atom is 0.338 e. The highest BCUT2D eigenvalue weighted by molar-refractivity contribution is 5.94. The molecule has 0 unspecified atom stereocenters. The fraction of sp³-hybridized carbons (Fsp3) is 0.263. The van der Waals surface area contributed by atoms with Crippen LogP contribution < -0.4 is 5.32 Å². The molecule has 0 radical (unpaired) electrons. The van der Waals surface area contributed by atoms with Crippen LogP contribution >= 0.6 is 0 Å². The van der Waals surface area contributed by atoms with Gasteiger partial charge in [-0.15, -0.1) is 0 Å². The Kier molecular flexibility index (Phi) is 5.92. The highest BCUT2D eigenvalue weighted by Crippen LogP contribution is 2.12. The zero-order chi connectivity index (χ0) is 16.7. The number of rotatable bonds is 6. The molecular weight excluding hydrogens is 290 g/mol. The van der Waals surface area contributed by atoms with E-state index in [-0.39, 0.29) is 11.9 Å². The Morgan fingerprint density at radius 1 is 0.913 bits per heavy atom. The summed E-state index contributed by atoms with van der Waals surface area (Å²) in [6.07, 6.45) is 1.31. The van der Waals surface area contributed by atoms with Gasteiger partial charge in [-0.2, -0.15) is 0 Å². The summed E-state index contributed by atoms with van der Waals surface area (Å²) in [5, 5.41) is 2.83. The molecule has 0 atom stereocenters. The van der Waals surface area contributed by atoms with Crippen molar-refractivity contribution in [1.82, 2.24) is 0 Å². The minimum Gasteiger partial charge on any atom is -0.462 e. The Hall–Kier alpha value is -2.62. The van der Waals surface area contributed by atoms with Crippen LogP contribution in [0.1, 0.15) is 35.3 Å². The quantitative estimate of drug-likeness (QED) is 0.829. The summed E-state index contributed by atoms with van der Waals surface area (Å²) in [5.41, 5.74) is 3.36. The Labute approximate surface area is 136 Å². The molecule has 2 aromatic rings. The van der Waals surface area contributed by atoms with Crippen molar-refractivity contribution >= 4 is 17.6 Å². The first-order chi connectivity index (χ1) is 11.1. The van der Waals surface area contributed by atoms with Crippen LogP contribution in [0.4, 0.5) is 5.69 Å². The number of hydrogen-bond donors (Lipinski definition) is 1. The van der Waals surface area contributed by atoms with Crippen LogP contribution in [-0.4, -0.2) is 18.5 Å². The van der Waals surface area contributed by atoms with E-state index in [2.05, 4.69) is 12.2 Å². The van der Waals surface area contributed by atoms with Crippen LogP contribution in [0.25, 0.3) is 0 Å². The van der Waals surface area contributed by atoms with Crippen LogP contribution in [0.2, 0.25) is 0 Å². The summed E-state index contributed by atoms with van der Waals surface area (Å²) in [6.45, 7) is 4.20. The summed E-state index contributed by atoms with van der Waals surface area (Å²) < 4.78 is 4.92. The second-order valence-corrected chi connectivity index (χ2v) is 5.19. The first-order valence-electron chi connectivity index (χ1n) is 7.77. The number of benzene rings is 2. The van der Waals surface area contributed by atoms with Gasteiger partial charge in [0.15, 0.2) is 0 Å². The van der Waals surface area contributed by atoms with Crippen LogP contribution in [0.3, 0.4) is 0 Å². The lowest BCUT2D eigenvalue weighted by Gasteiger charge is -2.07. The molecule has 0 saturated carbocycles. The molecule has 0 aromatic heterocycles. The van der Waals surface area contributed by atoms with E-state index in [1.165, 1.54) is 5.56 Å². The molecule has 4 nitrogen and oxygen atoms in total. The van der Waals surface area contributed by atoms with Gasteiger partial charge in [0.25, 0.3) is 0 Å². The van der Waals surface area contributed by atoms with Crippen molar-refractivity contribution in [3.63, 3.8) is 0 Å². The third-order valence-corrected chi connectivity index (χ3v) is 3.48. The minimum absolute atomic E-state index is 0.0851. The van der Waals surface area contributed by atoms with E-state index < -0.39 is 0 Å². The van der Waals surface area contributed by atoms with E-state index in [4.69, 9.17) is 4.74 Å². The van der Waals surface area contributed by atoms with Crippen LogP contribution in [0.5, 0.6) is 0 Å². The number of amides is 1. The number of aryl methyl sites for hydroxylation is 1. The van der Waals surface area contributed by atoms with E-state index in [0.29, 0.717) is 24.3 Å². The van der Waals surface area contributed by atoms with E-state index in [9.17, 15) is 9.59 Å². The molecule has 23 heavy (non-hydrogen) atoms. The number of anilines is 1. The van der Waals surface area contributed by atoms with Crippen molar-refractivity contribution in [3.05, 3.63) is 65.2 Å². The fourth-order valence-corrected chi connectivity index (χ4v) is 2.19. The van der Waals surface area contributed by atoms with Gasteiger partial charge in [-0.3, -0.25) is 4.79 Å². The van der Waals surface area contributed by atoms with Gasteiger partial charge in [0.1, 0.15) is 0 Å². The van der Waals surface area contributed by atoms with Crippen molar-refractivity contribution < 1.29 is 14.3 Å². The van der Waals surface area contributed by atoms with Crippen molar-refractivity contribution in [2.75, 3.05) is 11.9 Å². The molecule has 2 aromatic carbocycles. The van der Waals surface area contributed by atoms with Crippen LogP contribution in [0.15, 0.2) is 48.5 Å². The van der Waals surface area contributed by atoms with Crippen molar-refractivity contribution in [2.24, 2.45) is 0 Å². The average molecular weight is 311 g/mol. The van der Waals surface area contributed by atoms with Gasteiger partial charge in [-0.1, -0.05) is 31.2 Å². The zero-order valence-corrected chi connectivity index (χ0v) is 13.5. The average Bonchev–Trinajstić information content (AvgIpc) is 2.56. The smallest absolute Gasteiger partial charge is 0.338 e. The fourth-order valence-electron chi connectivity index (χ4n) is 2.19. The molecule has 0 saturated heterocycles. The molecule has 0 heterocycles. The number of nitrogens with one attached hydrogen (secondary N) is 1. The SMILES string of the molecule is CCOC(=O)c1ccc(NC(=O)Cc2ccc(CC)cc2)cc1. The molecule has 0 spiro atoms. The Bertz CT molecular complexity index is 660. The second-order valence-electron chi connectivity index (χ2n) is 5.19. The van der Waals surface area contributed by atoms with Crippen molar-refractivity contribution in [2.45, 2.75) is 26.7 Å². The summed E-state index contributed by atoms with van der Waals surface area (Å²) >= 11 is 0. The van der Waals surface area contributed by atoms with Gasteiger partial charge < -0.3 is 10.1 Å². The summed E-state index contributed by atoms with van der Waals surface area (Å²) in [5.74, 6) is -0.445. The first-order valence-corrected chi connectivity index (χ1v) is 7.77. The van der Waals surface area contributed by atoms with E-state index in [1.54, 1.807) is 31.2 Å². The molecule has 0 aliphatic rings. The van der Waals surface area contributed by atoms with Gasteiger partial charge in [-0.05, 0) is 48.7 Å². The topological polar surface area (TPSA) is 55.4 Å². The van der Waals surface area contributed by atoms with Gasteiger partial charge in [0.05, 0.1) is 18.6 Å². The van der Waals surface area contributed by atoms with E-state index >= 15 is 0 Å². The Morgan fingerprint density at radius 2 is 1.52 bits per heavy atom. The second kappa shape index (κ2) is 8.13. The Balaban J connectivity index is 1.93. The predicted octanol–water partition coefficient (Wildman–Crippen LogP) is 3.61. The van der Waals surface area contributed by atoms with Gasteiger partial charge >= 0.3 is 5.97 Å². The normalized spacial score (nSPS) is 10.2. The summed E-state index contributed by atoms with van der Waals surface area (Å²) in [7, 11) is 0. The minimum atomic E-state index is -0.360. The standard InChI is InChI=1S/C19H21NO3/c1-3-14-5-7-15(8-6-14)13-18(21)20-17-11-9-16(10-12-17)19(22)23-4-2/h5-12H,3-4,13H2,1-2H3,(H,20,21). The number of carbonyl (C=O) groups excluding carboxylic acids is 2. The summed E-state index contributed by atoms with van der Waals surface area (Å²) in [6, 6.07) is 14.7. The van der Waals surface area contributed by atoms with E-state index in [0.717, 1.165) is 12.0 Å². The molecule has 0 fully saturated rings. The molecule has 0 bridgehead atoms. The van der Waals surface area contributed by atoms with Gasteiger partial charge in [-0.25, -0.2) is 4.79 Å². The third kappa shape index (κ3) is 4.95. The number of carbonyl (C=O) groups is 2. The molecule has 120 valence electrons. The lowest BCUT2D eigenvalue weighted by Crippen LogP contribution is -2.14. The highest BCUT2D eigenvalue weighted by Gasteiger charge is 2.07. The van der Waals surface area contributed by atoms with E-state index in [1.807, 2.05) is 24.3 Å². The Morgan fingerprint density at radius 3 is 2.09 bits per heavy atom. The molecule has 0 aliphatic heterocycles. The number of ether oxygens (including phenoxy) is 1. The number of hydrogen-bond acceptors (Lipinski definition) is 3. The van der Waals surface area contributed by atoms with Crippen LogP contribution in [-0.2, 0) is 22.4 Å². The molecule has 1 N–H and O–H groups in total. The van der Waals surface area contributed by atoms with Gasteiger partial charge in [0.2, 0.25) is 5.91 Å². The van der Waals surface area contributed by atoms with Gasteiger partial charge in [0, 0.05) is 5.69 Å². The molecule has 1 amide bonds. The lowest BCUT2D eigenvalue weighted by molar-refractivity contribution is -0.115. The zero-order valence-electron chi connectivity index (χ0n) is 13.5. The predicted molar refractivity (Wildman–Crippen MR) is 90.6 cm³/mol.